The van der Waals surface area contributed by atoms with E-state index in [1.807, 2.05) is 29.2 Å². The van der Waals surface area contributed by atoms with Gasteiger partial charge in [-0.05, 0) is 54.2 Å². The fraction of sp³-hybridized carbons (Fsp3) is 0.235. The molecule has 0 fully saturated rings. The van der Waals surface area contributed by atoms with Gasteiger partial charge in [-0.25, -0.2) is 0 Å². The molecule has 0 saturated heterocycles. The highest BCUT2D eigenvalue weighted by molar-refractivity contribution is 6.10. The van der Waals surface area contributed by atoms with Crippen LogP contribution >= 0.6 is 0 Å². The quantitative estimate of drug-likeness (QED) is 0.759. The summed E-state index contributed by atoms with van der Waals surface area (Å²) in [6.45, 7) is 0.702. The summed E-state index contributed by atoms with van der Waals surface area (Å²) in [5.41, 5.74) is 5.90. The first-order valence-electron chi connectivity index (χ1n) is 6.84. The van der Waals surface area contributed by atoms with Gasteiger partial charge in [0.15, 0.2) is 0 Å². The van der Waals surface area contributed by atoms with Crippen LogP contribution in [0.1, 0.15) is 33.5 Å². The zero-order valence-electron chi connectivity index (χ0n) is 10.7. The largest absolute Gasteiger partial charge is 0.304 e. The predicted octanol–water partition coefficient (Wildman–Crippen LogP) is 3.34. The van der Waals surface area contributed by atoms with Gasteiger partial charge in [0.2, 0.25) is 0 Å². The van der Waals surface area contributed by atoms with E-state index in [1.54, 1.807) is 0 Å². The van der Waals surface area contributed by atoms with Crippen molar-refractivity contribution in [3.05, 3.63) is 64.7 Å². The molecule has 1 heterocycles. The van der Waals surface area contributed by atoms with E-state index in [0.717, 1.165) is 23.2 Å². The average molecular weight is 249 g/mol. The summed E-state index contributed by atoms with van der Waals surface area (Å²) >= 11 is 0. The standard InChI is InChI=1S/C17H15NO/c19-17-16-7-2-1-4-14(16)11-18(17)15-9-8-12-5-3-6-13(12)10-15/h1-2,4,7-10H,3,5-6,11H2. The number of rotatable bonds is 1. The molecule has 2 aromatic rings. The summed E-state index contributed by atoms with van der Waals surface area (Å²) in [6, 6.07) is 14.4. The van der Waals surface area contributed by atoms with Crippen molar-refractivity contribution in [1.29, 1.82) is 0 Å². The van der Waals surface area contributed by atoms with Crippen molar-refractivity contribution in [2.75, 3.05) is 4.90 Å². The van der Waals surface area contributed by atoms with E-state index in [-0.39, 0.29) is 5.91 Å². The molecule has 1 aliphatic heterocycles. The number of hydrogen-bond acceptors (Lipinski definition) is 1. The van der Waals surface area contributed by atoms with Gasteiger partial charge in [-0.2, -0.15) is 0 Å². The van der Waals surface area contributed by atoms with E-state index in [9.17, 15) is 4.79 Å². The summed E-state index contributed by atoms with van der Waals surface area (Å²) < 4.78 is 0. The van der Waals surface area contributed by atoms with Gasteiger partial charge in [0.25, 0.3) is 5.91 Å². The maximum absolute atomic E-state index is 12.4. The van der Waals surface area contributed by atoms with E-state index < -0.39 is 0 Å². The number of fused-ring (bicyclic) bond motifs is 2. The minimum absolute atomic E-state index is 0.133. The van der Waals surface area contributed by atoms with Crippen molar-refractivity contribution < 1.29 is 4.79 Å². The molecule has 2 nitrogen and oxygen atoms in total. The van der Waals surface area contributed by atoms with Gasteiger partial charge in [0, 0.05) is 11.3 Å². The second-order valence-electron chi connectivity index (χ2n) is 5.36. The van der Waals surface area contributed by atoms with Crippen LogP contribution in [0.3, 0.4) is 0 Å². The van der Waals surface area contributed by atoms with E-state index in [4.69, 9.17) is 0 Å². The van der Waals surface area contributed by atoms with Gasteiger partial charge >= 0.3 is 0 Å². The third-order valence-electron chi connectivity index (χ3n) is 4.22. The molecule has 0 N–H and O–H groups in total. The van der Waals surface area contributed by atoms with Crippen LogP contribution in [0.2, 0.25) is 0 Å². The minimum Gasteiger partial charge on any atom is -0.304 e. The zero-order chi connectivity index (χ0) is 12.8. The molecule has 1 aliphatic carbocycles. The number of amides is 1. The van der Waals surface area contributed by atoms with Crippen LogP contribution in [0.25, 0.3) is 0 Å². The van der Waals surface area contributed by atoms with Crippen molar-refractivity contribution in [1.82, 2.24) is 0 Å². The second-order valence-corrected chi connectivity index (χ2v) is 5.36. The lowest BCUT2D eigenvalue weighted by atomic mass is 10.1. The molecule has 0 bridgehead atoms. The van der Waals surface area contributed by atoms with E-state index in [1.165, 1.54) is 24.0 Å². The third kappa shape index (κ3) is 1.60. The minimum atomic E-state index is 0.133. The molecular formula is C17H15NO. The molecular weight excluding hydrogens is 234 g/mol. The van der Waals surface area contributed by atoms with Crippen LogP contribution in [0.4, 0.5) is 5.69 Å². The first kappa shape index (κ1) is 10.8. The Kier molecular flexibility index (Phi) is 2.25. The predicted molar refractivity (Wildman–Crippen MR) is 75.4 cm³/mol. The molecule has 2 aliphatic rings. The maximum atomic E-state index is 12.4. The van der Waals surface area contributed by atoms with Crippen LogP contribution in [0.15, 0.2) is 42.5 Å². The van der Waals surface area contributed by atoms with Crippen LogP contribution in [-0.4, -0.2) is 5.91 Å². The first-order chi connectivity index (χ1) is 9.33. The second kappa shape index (κ2) is 3.95. The van der Waals surface area contributed by atoms with Crippen molar-refractivity contribution in [2.45, 2.75) is 25.8 Å². The molecule has 0 saturated carbocycles. The number of nitrogens with zero attached hydrogens (tertiary/aromatic N) is 1. The highest BCUT2D eigenvalue weighted by Crippen LogP contribution is 2.31. The van der Waals surface area contributed by atoms with Crippen LogP contribution in [-0.2, 0) is 19.4 Å². The van der Waals surface area contributed by atoms with E-state index in [2.05, 4.69) is 18.2 Å². The van der Waals surface area contributed by atoms with Crippen LogP contribution in [0, 0.1) is 0 Å². The van der Waals surface area contributed by atoms with Crippen molar-refractivity contribution in [3.63, 3.8) is 0 Å². The lowest BCUT2D eigenvalue weighted by Crippen LogP contribution is -2.23. The van der Waals surface area contributed by atoms with E-state index >= 15 is 0 Å². The van der Waals surface area contributed by atoms with Gasteiger partial charge in [-0.3, -0.25) is 4.79 Å². The highest BCUT2D eigenvalue weighted by atomic mass is 16.2. The number of carbonyl (C=O) groups excluding carboxylic acids is 1. The highest BCUT2D eigenvalue weighted by Gasteiger charge is 2.28. The Hall–Kier alpha value is -2.09. The van der Waals surface area contributed by atoms with Crippen LogP contribution < -0.4 is 4.90 Å². The normalized spacial score (nSPS) is 16.6. The number of aryl methyl sites for hydroxylation is 2. The fourth-order valence-electron chi connectivity index (χ4n) is 3.19. The molecule has 2 heteroatoms. The molecule has 0 aromatic heterocycles. The molecule has 4 rings (SSSR count). The van der Waals surface area contributed by atoms with Gasteiger partial charge in [0.1, 0.15) is 0 Å². The first-order valence-corrected chi connectivity index (χ1v) is 6.84. The Labute approximate surface area is 112 Å². The molecule has 94 valence electrons. The Bertz CT molecular complexity index is 675. The molecule has 0 radical (unpaired) electrons. The molecule has 2 aromatic carbocycles. The maximum Gasteiger partial charge on any atom is 0.258 e. The average Bonchev–Trinajstić information content (AvgIpc) is 3.03. The number of benzene rings is 2. The molecule has 0 atom stereocenters. The lowest BCUT2D eigenvalue weighted by molar-refractivity contribution is 0.0996. The Balaban J connectivity index is 1.74. The van der Waals surface area contributed by atoms with Gasteiger partial charge in [-0.1, -0.05) is 24.3 Å². The van der Waals surface area contributed by atoms with Crippen LogP contribution in [0.5, 0.6) is 0 Å². The Morgan fingerprint density at radius 3 is 2.63 bits per heavy atom. The zero-order valence-corrected chi connectivity index (χ0v) is 10.7. The third-order valence-corrected chi connectivity index (χ3v) is 4.22. The molecule has 0 unspecified atom stereocenters. The van der Waals surface area contributed by atoms with Crippen molar-refractivity contribution in [3.8, 4) is 0 Å². The number of carbonyl (C=O) groups is 1. The van der Waals surface area contributed by atoms with Crippen molar-refractivity contribution in [2.24, 2.45) is 0 Å². The molecule has 0 spiro atoms. The Morgan fingerprint density at radius 1 is 0.895 bits per heavy atom. The monoisotopic (exact) mass is 249 g/mol. The number of anilines is 1. The molecule has 19 heavy (non-hydrogen) atoms. The Morgan fingerprint density at radius 2 is 1.74 bits per heavy atom. The summed E-state index contributed by atoms with van der Waals surface area (Å²) in [5, 5.41) is 0. The molecule has 1 amide bonds. The lowest BCUT2D eigenvalue weighted by Gasteiger charge is -2.17. The van der Waals surface area contributed by atoms with Gasteiger partial charge in [-0.15, -0.1) is 0 Å². The fourth-order valence-corrected chi connectivity index (χ4v) is 3.19. The topological polar surface area (TPSA) is 20.3 Å². The number of hydrogen-bond donors (Lipinski definition) is 0. The summed E-state index contributed by atoms with van der Waals surface area (Å²) in [4.78, 5) is 14.3. The smallest absolute Gasteiger partial charge is 0.258 e. The summed E-state index contributed by atoms with van der Waals surface area (Å²) in [7, 11) is 0. The SMILES string of the molecule is O=C1c2ccccc2CN1c1ccc2c(c1)CCC2. The van der Waals surface area contributed by atoms with E-state index in [0.29, 0.717) is 6.54 Å². The van der Waals surface area contributed by atoms with Gasteiger partial charge in [0.05, 0.1) is 6.54 Å². The summed E-state index contributed by atoms with van der Waals surface area (Å²) in [6.07, 6.45) is 3.58. The van der Waals surface area contributed by atoms with Crippen molar-refractivity contribution >= 4 is 11.6 Å². The van der Waals surface area contributed by atoms with Gasteiger partial charge < -0.3 is 4.90 Å². The summed E-state index contributed by atoms with van der Waals surface area (Å²) in [5.74, 6) is 0.133.